The molecule has 0 spiro atoms. The number of ketones is 3. The molecule has 0 radical (unpaired) electrons. The van der Waals surface area contributed by atoms with Gasteiger partial charge in [0.25, 0.3) is 0 Å². The number of rotatable bonds is 7. The standard InChI is InChI=1S/C9H14O5/c1-6(12)9(7(13)2-4-10)8(14)3-5-11/h9-11H,2-5H2,1H3. The maximum atomic E-state index is 11.2. The summed E-state index contributed by atoms with van der Waals surface area (Å²) in [5.74, 6) is -3.02. The van der Waals surface area contributed by atoms with Crippen molar-refractivity contribution in [3.8, 4) is 0 Å². The Morgan fingerprint density at radius 2 is 1.36 bits per heavy atom. The predicted molar refractivity (Wildman–Crippen MR) is 47.6 cm³/mol. The average Bonchev–Trinajstić information content (AvgIpc) is 2.04. The summed E-state index contributed by atoms with van der Waals surface area (Å²) in [6.45, 7) is 0.388. The van der Waals surface area contributed by atoms with E-state index < -0.39 is 23.3 Å². The maximum absolute atomic E-state index is 11.2. The molecule has 0 atom stereocenters. The molecule has 0 saturated carbocycles. The van der Waals surface area contributed by atoms with Crippen LogP contribution < -0.4 is 0 Å². The Bertz CT molecular complexity index is 215. The highest BCUT2D eigenvalue weighted by molar-refractivity contribution is 6.18. The van der Waals surface area contributed by atoms with E-state index in [9.17, 15) is 14.4 Å². The molecule has 0 aromatic heterocycles. The zero-order valence-electron chi connectivity index (χ0n) is 8.02. The van der Waals surface area contributed by atoms with E-state index in [4.69, 9.17) is 10.2 Å². The van der Waals surface area contributed by atoms with Gasteiger partial charge in [-0.25, -0.2) is 0 Å². The van der Waals surface area contributed by atoms with E-state index in [0.717, 1.165) is 6.92 Å². The molecule has 80 valence electrons. The Labute approximate surface area is 81.7 Å². The third-order valence-electron chi connectivity index (χ3n) is 1.77. The lowest BCUT2D eigenvalue weighted by molar-refractivity contribution is -0.139. The summed E-state index contributed by atoms with van der Waals surface area (Å²) in [5, 5.41) is 17.0. The molecule has 0 rings (SSSR count). The van der Waals surface area contributed by atoms with E-state index in [1.807, 2.05) is 0 Å². The Balaban J connectivity index is 4.51. The molecule has 5 heteroatoms. The number of aliphatic hydroxyl groups is 2. The molecule has 0 aliphatic carbocycles. The lowest BCUT2D eigenvalue weighted by Crippen LogP contribution is -2.31. The van der Waals surface area contributed by atoms with Gasteiger partial charge in [0.1, 0.15) is 11.7 Å². The predicted octanol–water partition coefficient (Wildman–Crippen LogP) is -0.905. The molecule has 0 heterocycles. The van der Waals surface area contributed by atoms with Gasteiger partial charge >= 0.3 is 0 Å². The normalized spacial score (nSPS) is 10.3. The molecule has 5 nitrogen and oxygen atoms in total. The minimum absolute atomic E-state index is 0.207. The first kappa shape index (κ1) is 12.9. The Morgan fingerprint density at radius 1 is 1.00 bits per heavy atom. The zero-order valence-corrected chi connectivity index (χ0v) is 8.02. The van der Waals surface area contributed by atoms with Crippen molar-refractivity contribution < 1.29 is 24.6 Å². The van der Waals surface area contributed by atoms with Crippen LogP contribution in [0.15, 0.2) is 0 Å². The van der Waals surface area contributed by atoms with E-state index in [1.54, 1.807) is 0 Å². The lowest BCUT2D eigenvalue weighted by Gasteiger charge is -2.09. The Hall–Kier alpha value is -1.07. The van der Waals surface area contributed by atoms with E-state index >= 15 is 0 Å². The second kappa shape index (κ2) is 6.39. The van der Waals surface area contributed by atoms with Crippen LogP contribution in [-0.2, 0) is 14.4 Å². The molecule has 0 aromatic carbocycles. The van der Waals surface area contributed by atoms with E-state index in [0.29, 0.717) is 0 Å². The molecule has 0 saturated heterocycles. The third-order valence-corrected chi connectivity index (χ3v) is 1.77. The molecule has 0 aliphatic rings. The molecule has 2 N–H and O–H groups in total. The van der Waals surface area contributed by atoms with Crippen molar-refractivity contribution in [3.63, 3.8) is 0 Å². The number of hydrogen-bond acceptors (Lipinski definition) is 5. The van der Waals surface area contributed by atoms with Crippen molar-refractivity contribution in [2.75, 3.05) is 13.2 Å². The molecule has 0 amide bonds. The number of Topliss-reactive ketones (excluding diaryl/α,β-unsaturated/α-hetero) is 3. The molecule has 0 aromatic rings. The minimum Gasteiger partial charge on any atom is -0.396 e. The van der Waals surface area contributed by atoms with Crippen molar-refractivity contribution in [2.24, 2.45) is 5.92 Å². The SMILES string of the molecule is CC(=O)C(C(=O)CCO)C(=O)CCO. The summed E-state index contributed by atoms with van der Waals surface area (Å²) in [5.41, 5.74) is 0. The van der Waals surface area contributed by atoms with Crippen LogP contribution in [0, 0.1) is 5.92 Å². The molecule has 0 aliphatic heterocycles. The fourth-order valence-corrected chi connectivity index (χ4v) is 1.14. The van der Waals surface area contributed by atoms with Gasteiger partial charge in [0, 0.05) is 26.1 Å². The van der Waals surface area contributed by atoms with E-state index in [-0.39, 0.29) is 26.1 Å². The maximum Gasteiger partial charge on any atom is 0.153 e. The van der Waals surface area contributed by atoms with Gasteiger partial charge in [-0.2, -0.15) is 0 Å². The largest absolute Gasteiger partial charge is 0.396 e. The highest BCUT2D eigenvalue weighted by atomic mass is 16.3. The van der Waals surface area contributed by atoms with Gasteiger partial charge in [0.2, 0.25) is 0 Å². The number of aliphatic hydroxyl groups excluding tert-OH is 2. The van der Waals surface area contributed by atoms with Crippen LogP contribution in [0.3, 0.4) is 0 Å². The summed E-state index contributed by atoms with van der Waals surface area (Å²) in [7, 11) is 0. The number of carbonyl (C=O) groups excluding carboxylic acids is 3. The van der Waals surface area contributed by atoms with Gasteiger partial charge in [0.15, 0.2) is 11.6 Å². The van der Waals surface area contributed by atoms with Crippen molar-refractivity contribution in [2.45, 2.75) is 19.8 Å². The van der Waals surface area contributed by atoms with Crippen molar-refractivity contribution in [1.29, 1.82) is 0 Å². The molecule has 0 unspecified atom stereocenters. The van der Waals surface area contributed by atoms with Crippen LogP contribution in [0.25, 0.3) is 0 Å². The van der Waals surface area contributed by atoms with Gasteiger partial charge in [0.05, 0.1) is 0 Å². The second-order valence-electron chi connectivity index (χ2n) is 2.92. The van der Waals surface area contributed by atoms with Gasteiger partial charge in [-0.3, -0.25) is 14.4 Å². The smallest absolute Gasteiger partial charge is 0.153 e. The van der Waals surface area contributed by atoms with Crippen LogP contribution in [-0.4, -0.2) is 40.8 Å². The quantitative estimate of drug-likeness (QED) is 0.522. The summed E-state index contributed by atoms with van der Waals surface area (Å²) in [6.07, 6.45) is -0.414. The first-order chi connectivity index (χ1) is 6.54. The molecule has 0 bridgehead atoms. The third kappa shape index (κ3) is 3.76. The van der Waals surface area contributed by atoms with Gasteiger partial charge in [-0.1, -0.05) is 0 Å². The van der Waals surface area contributed by atoms with Gasteiger partial charge < -0.3 is 10.2 Å². The lowest BCUT2D eigenvalue weighted by atomic mass is 9.91. The Morgan fingerprint density at radius 3 is 1.57 bits per heavy atom. The van der Waals surface area contributed by atoms with Gasteiger partial charge in [-0.05, 0) is 6.92 Å². The average molecular weight is 202 g/mol. The van der Waals surface area contributed by atoms with Crippen molar-refractivity contribution in [1.82, 2.24) is 0 Å². The number of hydrogen-bond donors (Lipinski definition) is 2. The van der Waals surface area contributed by atoms with Crippen LogP contribution in [0.5, 0.6) is 0 Å². The molecule has 14 heavy (non-hydrogen) atoms. The monoisotopic (exact) mass is 202 g/mol. The van der Waals surface area contributed by atoms with E-state index in [2.05, 4.69) is 0 Å². The van der Waals surface area contributed by atoms with E-state index in [1.165, 1.54) is 0 Å². The second-order valence-corrected chi connectivity index (χ2v) is 2.92. The topological polar surface area (TPSA) is 91.7 Å². The first-order valence-electron chi connectivity index (χ1n) is 4.32. The highest BCUT2D eigenvalue weighted by Gasteiger charge is 2.29. The van der Waals surface area contributed by atoms with Crippen LogP contribution >= 0.6 is 0 Å². The van der Waals surface area contributed by atoms with Crippen LogP contribution in [0.2, 0.25) is 0 Å². The van der Waals surface area contributed by atoms with Crippen molar-refractivity contribution in [3.05, 3.63) is 0 Å². The fourth-order valence-electron chi connectivity index (χ4n) is 1.14. The first-order valence-corrected chi connectivity index (χ1v) is 4.32. The number of carbonyl (C=O) groups is 3. The molecular weight excluding hydrogens is 188 g/mol. The Kier molecular flexibility index (Phi) is 5.91. The van der Waals surface area contributed by atoms with Crippen molar-refractivity contribution >= 4 is 17.3 Å². The summed E-state index contributed by atoms with van der Waals surface area (Å²) in [4.78, 5) is 33.4. The summed E-state index contributed by atoms with van der Waals surface area (Å²) >= 11 is 0. The molecule has 0 fully saturated rings. The van der Waals surface area contributed by atoms with Crippen LogP contribution in [0.4, 0.5) is 0 Å². The highest BCUT2D eigenvalue weighted by Crippen LogP contribution is 2.07. The van der Waals surface area contributed by atoms with Crippen LogP contribution in [0.1, 0.15) is 19.8 Å². The van der Waals surface area contributed by atoms with Gasteiger partial charge in [-0.15, -0.1) is 0 Å². The summed E-state index contributed by atoms with van der Waals surface area (Å²) < 4.78 is 0. The molecular formula is C9H14O5. The zero-order chi connectivity index (χ0) is 11.1. The minimum atomic E-state index is -1.31. The fraction of sp³-hybridized carbons (Fsp3) is 0.667. The summed E-state index contributed by atoms with van der Waals surface area (Å²) in [6, 6.07) is 0.